The van der Waals surface area contributed by atoms with Crippen LogP contribution in [0.1, 0.15) is 85.5 Å². The summed E-state index contributed by atoms with van der Waals surface area (Å²) in [5, 5.41) is 19.6. The molecule has 0 radical (unpaired) electrons. The van der Waals surface area contributed by atoms with E-state index in [2.05, 4.69) is 38.7 Å². The molecule has 0 aromatic rings. The van der Waals surface area contributed by atoms with E-state index in [1.807, 2.05) is 0 Å². The summed E-state index contributed by atoms with van der Waals surface area (Å²) in [7, 11) is 0. The third-order valence-corrected chi connectivity index (χ3v) is 13.9. The number of aliphatic hydroxyl groups excluding tert-OH is 2. The second-order valence-electron chi connectivity index (χ2n) is 15.4. The molecule has 0 aromatic carbocycles. The minimum absolute atomic E-state index is 0.0587. The molecule has 4 N–H and O–H groups in total. The van der Waals surface area contributed by atoms with E-state index in [4.69, 9.17) is 20.3 Å². The molecule has 5 aliphatic carbocycles. The predicted molar refractivity (Wildman–Crippen MR) is 147 cm³/mol. The molecule has 0 amide bonds. The fourth-order valence-electron chi connectivity index (χ4n) is 12.2. The number of likely N-dealkylation sites (tertiary alicyclic amines) is 1. The van der Waals surface area contributed by atoms with Crippen LogP contribution in [0.25, 0.3) is 0 Å². The zero-order valence-corrected chi connectivity index (χ0v) is 24.3. The van der Waals surface area contributed by atoms with Crippen LogP contribution in [0.15, 0.2) is 11.6 Å². The van der Waals surface area contributed by atoms with Gasteiger partial charge in [-0.1, -0.05) is 39.3 Å². The number of aliphatic hydroxyl groups is 2. The zero-order valence-electron chi connectivity index (χ0n) is 24.3. The second kappa shape index (κ2) is 8.51. The Hall–Kier alpha value is -0.500. The van der Waals surface area contributed by atoms with E-state index >= 15 is 0 Å². The Morgan fingerprint density at radius 3 is 2.76 bits per heavy atom. The Morgan fingerprint density at radius 1 is 1.16 bits per heavy atom. The highest BCUT2D eigenvalue weighted by molar-refractivity contribution is 5.40. The van der Waals surface area contributed by atoms with Crippen LogP contribution >= 0.6 is 0 Å². The Balaban J connectivity index is 1.18. The summed E-state index contributed by atoms with van der Waals surface area (Å²) in [6.07, 6.45) is 12.4. The van der Waals surface area contributed by atoms with Crippen molar-refractivity contribution >= 4 is 0 Å². The first-order valence-electron chi connectivity index (χ1n) is 15.8. The summed E-state index contributed by atoms with van der Waals surface area (Å²) in [6.45, 7) is 13.2. The van der Waals surface area contributed by atoms with Crippen molar-refractivity contribution in [3.8, 4) is 0 Å². The van der Waals surface area contributed by atoms with E-state index in [1.54, 1.807) is 0 Å². The number of ether oxygens (including phenoxy) is 2. The molecule has 7 aliphatic rings. The number of rotatable bonds is 5. The zero-order chi connectivity index (χ0) is 26.7. The third kappa shape index (κ3) is 3.17. The number of hydrogen-bond acceptors (Lipinski definition) is 6. The molecule has 6 heteroatoms. The normalized spacial score (nSPS) is 57.0. The van der Waals surface area contributed by atoms with Gasteiger partial charge in [0.2, 0.25) is 0 Å². The van der Waals surface area contributed by atoms with Crippen molar-refractivity contribution in [2.45, 2.75) is 115 Å². The molecule has 6 fully saturated rings. The van der Waals surface area contributed by atoms with Gasteiger partial charge in [0.15, 0.2) is 0 Å². The lowest BCUT2D eigenvalue weighted by Gasteiger charge is -2.54. The van der Waals surface area contributed by atoms with Crippen molar-refractivity contribution in [1.29, 1.82) is 0 Å². The van der Waals surface area contributed by atoms with E-state index in [1.165, 1.54) is 24.8 Å². The minimum Gasteiger partial charge on any atom is -0.394 e. The first-order chi connectivity index (χ1) is 18.0. The lowest BCUT2D eigenvalue weighted by Crippen LogP contribution is -2.60. The van der Waals surface area contributed by atoms with Gasteiger partial charge in [-0.05, 0) is 86.4 Å². The van der Waals surface area contributed by atoms with Crippen LogP contribution in [-0.2, 0) is 9.47 Å². The molecule has 2 spiro atoms. The molecule has 2 aliphatic heterocycles. The number of nitrogens with two attached hydrogens (primary N) is 1. The van der Waals surface area contributed by atoms with Crippen molar-refractivity contribution in [2.75, 3.05) is 32.9 Å². The Labute approximate surface area is 229 Å². The second-order valence-corrected chi connectivity index (χ2v) is 15.4. The van der Waals surface area contributed by atoms with Gasteiger partial charge in [-0.25, -0.2) is 0 Å². The highest BCUT2D eigenvalue weighted by Gasteiger charge is 2.86. The maximum Gasteiger partial charge on any atom is 0.0787 e. The van der Waals surface area contributed by atoms with Gasteiger partial charge < -0.3 is 25.4 Å². The van der Waals surface area contributed by atoms with E-state index in [9.17, 15) is 5.11 Å². The fraction of sp³-hybridized carbons (Fsp3) is 0.938. The molecule has 2 heterocycles. The average molecular weight is 529 g/mol. The summed E-state index contributed by atoms with van der Waals surface area (Å²) in [6, 6.07) is 0.455. The van der Waals surface area contributed by atoms with E-state index in [0.717, 1.165) is 51.6 Å². The average Bonchev–Trinajstić information content (AvgIpc) is 3.28. The number of piperidine rings is 1. The molecule has 4 saturated carbocycles. The molecule has 7 rings (SSSR count). The molecule has 214 valence electrons. The Morgan fingerprint density at radius 2 is 1.97 bits per heavy atom. The van der Waals surface area contributed by atoms with Crippen molar-refractivity contribution < 1.29 is 19.7 Å². The molecule has 0 bridgehead atoms. The van der Waals surface area contributed by atoms with Crippen molar-refractivity contribution in [2.24, 2.45) is 45.7 Å². The van der Waals surface area contributed by atoms with Gasteiger partial charge in [0.1, 0.15) is 0 Å². The van der Waals surface area contributed by atoms with Crippen LogP contribution in [0.2, 0.25) is 0 Å². The van der Waals surface area contributed by atoms with Crippen LogP contribution in [-0.4, -0.2) is 77.4 Å². The van der Waals surface area contributed by atoms with E-state index < -0.39 is 0 Å². The van der Waals surface area contributed by atoms with Gasteiger partial charge in [0.05, 0.1) is 37.6 Å². The summed E-state index contributed by atoms with van der Waals surface area (Å²) in [4.78, 5) is 2.67. The molecule has 12 atom stereocenters. The first kappa shape index (κ1) is 26.4. The minimum atomic E-state index is -0.175. The number of hydrogen-bond donors (Lipinski definition) is 3. The fourth-order valence-corrected chi connectivity index (χ4v) is 12.2. The van der Waals surface area contributed by atoms with Gasteiger partial charge in [0, 0.05) is 36.0 Å². The largest absolute Gasteiger partial charge is 0.394 e. The van der Waals surface area contributed by atoms with Crippen LogP contribution in [0.3, 0.4) is 0 Å². The third-order valence-electron chi connectivity index (χ3n) is 13.9. The standard InChI is InChI=1S/C32H52N2O4/c1-20-15-24-27(34(18-20)11-13-37-14-12-35)21(2)32(38-24)10-7-25-30(19-29(30,32)4)17-26-28(3)8-6-23(36)16-22(28)5-9-31(25,26)33/h5,20-21,23-27,35-36H,6-19,33H2,1-4H3/t20-,21+,23-,24+,25+,26+,27-,28-,29?,30?,31+,32+/m0/s1. The van der Waals surface area contributed by atoms with E-state index in [0.29, 0.717) is 54.4 Å². The van der Waals surface area contributed by atoms with Crippen LogP contribution < -0.4 is 5.73 Å². The number of nitrogens with zero attached hydrogens (tertiary/aromatic N) is 1. The topological polar surface area (TPSA) is 88.2 Å². The van der Waals surface area contributed by atoms with Gasteiger partial charge in [-0.15, -0.1) is 0 Å². The lowest BCUT2D eigenvalue weighted by molar-refractivity contribution is -0.149. The smallest absolute Gasteiger partial charge is 0.0787 e. The summed E-state index contributed by atoms with van der Waals surface area (Å²) < 4.78 is 13.1. The Bertz CT molecular complexity index is 1000. The van der Waals surface area contributed by atoms with Crippen LogP contribution in [0.4, 0.5) is 0 Å². The Kier molecular flexibility index (Phi) is 5.92. The molecule has 2 saturated heterocycles. The van der Waals surface area contributed by atoms with E-state index in [-0.39, 0.29) is 34.7 Å². The molecular formula is C32H52N2O4. The number of fused-ring (bicyclic) bond motifs is 6. The lowest BCUT2D eigenvalue weighted by atomic mass is 9.53. The molecular weight excluding hydrogens is 476 g/mol. The van der Waals surface area contributed by atoms with Crippen molar-refractivity contribution in [3.05, 3.63) is 11.6 Å². The summed E-state index contributed by atoms with van der Waals surface area (Å²) >= 11 is 0. The van der Waals surface area contributed by atoms with Gasteiger partial charge in [0.25, 0.3) is 0 Å². The van der Waals surface area contributed by atoms with Gasteiger partial charge in [-0.3, -0.25) is 4.90 Å². The molecule has 38 heavy (non-hydrogen) atoms. The van der Waals surface area contributed by atoms with Crippen LogP contribution in [0.5, 0.6) is 0 Å². The quantitative estimate of drug-likeness (QED) is 0.371. The molecule has 0 aromatic heterocycles. The molecule has 2 unspecified atom stereocenters. The monoisotopic (exact) mass is 528 g/mol. The molecule has 6 nitrogen and oxygen atoms in total. The maximum atomic E-state index is 10.5. The predicted octanol–water partition coefficient (Wildman–Crippen LogP) is 3.88. The maximum absolute atomic E-state index is 10.5. The highest BCUT2D eigenvalue weighted by Crippen LogP contribution is 2.87. The highest BCUT2D eigenvalue weighted by atomic mass is 16.5. The van der Waals surface area contributed by atoms with Gasteiger partial charge >= 0.3 is 0 Å². The van der Waals surface area contributed by atoms with Crippen molar-refractivity contribution in [3.63, 3.8) is 0 Å². The van der Waals surface area contributed by atoms with Crippen LogP contribution in [0, 0.1) is 39.9 Å². The SMILES string of the molecule is C[C@H]1C[C@H]2O[C@]3(CC[C@@H]4C5(C[C@H]6[C@@]4(N)CC=C4C[C@@H](O)CC[C@@]46C)CC53C)[C@H](C)[C@@H]2N(CCOCCO)C1. The first-order valence-corrected chi connectivity index (χ1v) is 15.8. The summed E-state index contributed by atoms with van der Waals surface area (Å²) in [5.41, 5.74) is 9.55. The summed E-state index contributed by atoms with van der Waals surface area (Å²) in [5.74, 6) is 2.22. The van der Waals surface area contributed by atoms with Crippen molar-refractivity contribution in [1.82, 2.24) is 4.90 Å². The van der Waals surface area contributed by atoms with Gasteiger partial charge in [-0.2, -0.15) is 0 Å².